The second-order valence-corrected chi connectivity index (χ2v) is 6.70. The molecule has 0 radical (unpaired) electrons. The van der Waals surface area contributed by atoms with Crippen LogP contribution in [0.5, 0.6) is 0 Å². The van der Waals surface area contributed by atoms with Crippen molar-refractivity contribution < 1.29 is 18.7 Å². The van der Waals surface area contributed by atoms with E-state index in [2.05, 4.69) is 4.90 Å². The van der Waals surface area contributed by atoms with E-state index in [0.29, 0.717) is 13.2 Å². The van der Waals surface area contributed by atoms with Gasteiger partial charge in [-0.3, -0.25) is 4.79 Å². The molecule has 0 N–H and O–H groups in total. The molecule has 1 amide bonds. The number of benzene rings is 1. The van der Waals surface area contributed by atoms with Crippen molar-refractivity contribution in [2.75, 3.05) is 50.9 Å². The zero-order valence-corrected chi connectivity index (χ0v) is 14.7. The Morgan fingerprint density at radius 1 is 1.12 bits per heavy atom. The van der Waals surface area contributed by atoms with Crippen LogP contribution in [-0.2, 0) is 14.3 Å². The number of carbonyl (C=O) groups excluding carboxylic acids is 1. The first-order valence-corrected chi connectivity index (χ1v) is 9.20. The molecule has 2 fully saturated rings. The molecule has 0 unspecified atom stereocenters. The first-order valence-electron chi connectivity index (χ1n) is 9.20. The lowest BCUT2D eigenvalue weighted by Crippen LogP contribution is -2.38. The monoisotopic (exact) mass is 350 g/mol. The van der Waals surface area contributed by atoms with Crippen LogP contribution in [-0.4, -0.2) is 62.9 Å². The Bertz CT molecular complexity index is 546. The highest BCUT2D eigenvalue weighted by atomic mass is 19.1. The van der Waals surface area contributed by atoms with Gasteiger partial charge in [-0.1, -0.05) is 0 Å². The average Bonchev–Trinajstić information content (AvgIpc) is 2.89. The number of amides is 1. The smallest absolute Gasteiger partial charge is 0.248 e. The van der Waals surface area contributed by atoms with E-state index in [1.807, 2.05) is 4.90 Å². The van der Waals surface area contributed by atoms with Crippen LogP contribution in [0.25, 0.3) is 0 Å². The number of carbonyl (C=O) groups is 1. The maximum Gasteiger partial charge on any atom is 0.248 e. The van der Waals surface area contributed by atoms with Crippen molar-refractivity contribution in [3.63, 3.8) is 0 Å². The summed E-state index contributed by atoms with van der Waals surface area (Å²) < 4.78 is 24.3. The highest BCUT2D eigenvalue weighted by Crippen LogP contribution is 2.17. The Labute approximate surface area is 148 Å². The van der Waals surface area contributed by atoms with E-state index in [1.165, 1.54) is 18.6 Å². The van der Waals surface area contributed by atoms with E-state index in [1.54, 1.807) is 12.1 Å². The van der Waals surface area contributed by atoms with Crippen molar-refractivity contribution in [2.24, 2.45) is 0 Å². The Kier molecular flexibility index (Phi) is 6.64. The van der Waals surface area contributed by atoms with E-state index in [0.717, 1.165) is 51.2 Å². The number of nitrogens with zero attached hydrogens (tertiary/aromatic N) is 2. The molecule has 2 saturated heterocycles. The lowest BCUT2D eigenvalue weighted by Gasteiger charge is -2.25. The van der Waals surface area contributed by atoms with E-state index in [4.69, 9.17) is 9.47 Å². The summed E-state index contributed by atoms with van der Waals surface area (Å²) in [6.45, 7) is 4.44. The van der Waals surface area contributed by atoms with Gasteiger partial charge in [0.25, 0.3) is 0 Å². The maximum atomic E-state index is 13.1. The molecular formula is C19H27FN2O3. The first-order chi connectivity index (χ1) is 12.2. The summed E-state index contributed by atoms with van der Waals surface area (Å²) in [6.07, 6.45) is 4.35. The van der Waals surface area contributed by atoms with Crippen molar-refractivity contribution in [1.82, 2.24) is 4.90 Å². The fourth-order valence-corrected chi connectivity index (χ4v) is 3.38. The van der Waals surface area contributed by atoms with Crippen LogP contribution in [0.15, 0.2) is 24.3 Å². The molecule has 2 heterocycles. The Morgan fingerprint density at radius 3 is 2.72 bits per heavy atom. The van der Waals surface area contributed by atoms with Crippen molar-refractivity contribution in [3.05, 3.63) is 30.1 Å². The largest absolute Gasteiger partial charge is 0.376 e. The standard InChI is InChI=1S/C19H27FN2O3/c20-16-5-7-17(8-6-16)21-9-3-10-22(12-11-21)19(23)15-24-14-18-4-1-2-13-25-18/h5-8,18H,1-4,9-15H2/t18-/m1/s1. The van der Waals surface area contributed by atoms with Gasteiger partial charge in [0.1, 0.15) is 12.4 Å². The molecule has 1 aromatic rings. The lowest BCUT2D eigenvalue weighted by molar-refractivity contribution is -0.138. The third kappa shape index (κ3) is 5.41. The van der Waals surface area contributed by atoms with Gasteiger partial charge in [0.15, 0.2) is 0 Å². The molecule has 2 aliphatic heterocycles. The van der Waals surface area contributed by atoms with Crippen LogP contribution in [0.1, 0.15) is 25.7 Å². The molecule has 138 valence electrons. The van der Waals surface area contributed by atoms with E-state index < -0.39 is 0 Å². The zero-order chi connectivity index (χ0) is 17.5. The fourth-order valence-electron chi connectivity index (χ4n) is 3.38. The van der Waals surface area contributed by atoms with E-state index >= 15 is 0 Å². The number of anilines is 1. The van der Waals surface area contributed by atoms with Crippen LogP contribution in [0.2, 0.25) is 0 Å². The summed E-state index contributed by atoms with van der Waals surface area (Å²) in [5.74, 6) is -0.189. The van der Waals surface area contributed by atoms with Gasteiger partial charge in [-0.2, -0.15) is 0 Å². The van der Waals surface area contributed by atoms with Crippen LogP contribution >= 0.6 is 0 Å². The third-order valence-electron chi connectivity index (χ3n) is 4.84. The van der Waals surface area contributed by atoms with Gasteiger partial charge < -0.3 is 19.3 Å². The number of hydrogen-bond donors (Lipinski definition) is 0. The molecular weight excluding hydrogens is 323 g/mol. The Balaban J connectivity index is 1.42. The summed E-state index contributed by atoms with van der Waals surface area (Å²) in [5, 5.41) is 0. The molecule has 0 spiro atoms. The second-order valence-electron chi connectivity index (χ2n) is 6.70. The minimum atomic E-state index is -0.227. The van der Waals surface area contributed by atoms with Crippen LogP contribution in [0.3, 0.4) is 0 Å². The van der Waals surface area contributed by atoms with Crippen molar-refractivity contribution in [3.8, 4) is 0 Å². The van der Waals surface area contributed by atoms with Gasteiger partial charge >= 0.3 is 0 Å². The summed E-state index contributed by atoms with van der Waals surface area (Å²) in [5.41, 5.74) is 1.00. The first kappa shape index (κ1) is 18.1. The fraction of sp³-hybridized carbons (Fsp3) is 0.632. The van der Waals surface area contributed by atoms with Gasteiger partial charge in [0.2, 0.25) is 5.91 Å². The molecule has 5 nitrogen and oxygen atoms in total. The predicted octanol–water partition coefficient (Wildman–Crippen LogP) is 2.45. The molecule has 0 aromatic heterocycles. The molecule has 3 rings (SSSR count). The maximum absolute atomic E-state index is 13.1. The van der Waals surface area contributed by atoms with Crippen molar-refractivity contribution in [2.45, 2.75) is 31.8 Å². The van der Waals surface area contributed by atoms with E-state index in [9.17, 15) is 9.18 Å². The number of hydrogen-bond acceptors (Lipinski definition) is 4. The van der Waals surface area contributed by atoms with Gasteiger partial charge in [0.05, 0.1) is 12.7 Å². The molecule has 6 heteroatoms. The summed E-state index contributed by atoms with van der Waals surface area (Å²) >= 11 is 0. The van der Waals surface area contributed by atoms with Crippen molar-refractivity contribution >= 4 is 11.6 Å². The molecule has 25 heavy (non-hydrogen) atoms. The number of rotatable bonds is 5. The van der Waals surface area contributed by atoms with Crippen LogP contribution in [0.4, 0.5) is 10.1 Å². The molecule has 0 bridgehead atoms. The van der Waals surface area contributed by atoms with Gasteiger partial charge in [0, 0.05) is 38.5 Å². The Morgan fingerprint density at radius 2 is 1.96 bits per heavy atom. The van der Waals surface area contributed by atoms with Gasteiger partial charge in [-0.25, -0.2) is 4.39 Å². The normalized spacial score (nSPS) is 21.9. The quantitative estimate of drug-likeness (QED) is 0.818. The topological polar surface area (TPSA) is 42.0 Å². The molecule has 2 aliphatic rings. The minimum absolute atomic E-state index is 0.0387. The second kappa shape index (κ2) is 9.15. The predicted molar refractivity (Wildman–Crippen MR) is 94.2 cm³/mol. The molecule has 0 aliphatic carbocycles. The molecule has 1 aromatic carbocycles. The van der Waals surface area contributed by atoms with Crippen LogP contribution < -0.4 is 4.90 Å². The van der Waals surface area contributed by atoms with E-state index in [-0.39, 0.29) is 24.4 Å². The zero-order valence-electron chi connectivity index (χ0n) is 14.7. The summed E-state index contributed by atoms with van der Waals surface area (Å²) in [6, 6.07) is 6.54. The van der Waals surface area contributed by atoms with Gasteiger partial charge in [-0.15, -0.1) is 0 Å². The summed E-state index contributed by atoms with van der Waals surface area (Å²) in [4.78, 5) is 16.4. The third-order valence-corrected chi connectivity index (χ3v) is 4.84. The van der Waals surface area contributed by atoms with Crippen molar-refractivity contribution in [1.29, 1.82) is 0 Å². The lowest BCUT2D eigenvalue weighted by atomic mass is 10.1. The highest BCUT2D eigenvalue weighted by molar-refractivity contribution is 5.77. The number of halogens is 1. The SMILES string of the molecule is O=C(COC[C@H]1CCCCO1)N1CCCN(c2ccc(F)cc2)CC1. The summed E-state index contributed by atoms with van der Waals surface area (Å²) in [7, 11) is 0. The highest BCUT2D eigenvalue weighted by Gasteiger charge is 2.20. The minimum Gasteiger partial charge on any atom is -0.376 e. The average molecular weight is 350 g/mol. The molecule has 0 saturated carbocycles. The van der Waals surface area contributed by atoms with Crippen LogP contribution in [0, 0.1) is 5.82 Å². The van der Waals surface area contributed by atoms with Gasteiger partial charge in [-0.05, 0) is 49.9 Å². The Hall–Kier alpha value is -1.66. The number of ether oxygens (including phenoxy) is 2. The molecule has 1 atom stereocenters.